The molecule has 0 atom stereocenters. The number of fused-ring (bicyclic) bond motifs is 10. The molecule has 4 heterocycles. The van der Waals surface area contributed by atoms with Gasteiger partial charge in [0.15, 0.2) is 17.5 Å². The van der Waals surface area contributed by atoms with Crippen LogP contribution in [-0.2, 0) is 0 Å². The molecule has 4 aromatic heterocycles. The van der Waals surface area contributed by atoms with Crippen molar-refractivity contribution in [3.63, 3.8) is 0 Å². The van der Waals surface area contributed by atoms with Crippen molar-refractivity contribution in [1.82, 2.24) is 24.1 Å². The molecule has 266 valence electrons. The Morgan fingerprint density at radius 1 is 0.316 bits per heavy atom. The van der Waals surface area contributed by atoms with Gasteiger partial charge in [-0.15, -0.1) is 0 Å². The predicted molar refractivity (Wildman–Crippen MR) is 232 cm³/mol. The first-order valence-electron chi connectivity index (χ1n) is 19.1. The molecule has 0 N–H and O–H groups in total. The van der Waals surface area contributed by atoms with Crippen molar-refractivity contribution in [2.45, 2.75) is 0 Å². The van der Waals surface area contributed by atoms with Crippen molar-refractivity contribution in [3.8, 4) is 45.5 Å². The van der Waals surface area contributed by atoms with Crippen molar-refractivity contribution >= 4 is 65.6 Å². The number of nitrogens with zero attached hydrogens (tertiary/aromatic N) is 5. The molecule has 0 radical (unpaired) electrons. The first-order chi connectivity index (χ1) is 28.3. The van der Waals surface area contributed by atoms with Crippen LogP contribution >= 0.6 is 0 Å². The summed E-state index contributed by atoms with van der Waals surface area (Å²) >= 11 is 0. The zero-order chi connectivity index (χ0) is 37.5. The van der Waals surface area contributed by atoms with Gasteiger partial charge in [0.2, 0.25) is 0 Å². The molecule has 12 aromatic rings. The van der Waals surface area contributed by atoms with Crippen LogP contribution in [0.1, 0.15) is 0 Å². The van der Waals surface area contributed by atoms with Gasteiger partial charge in [-0.1, -0.05) is 127 Å². The largest absolute Gasteiger partial charge is 0.456 e. The quantitative estimate of drug-likeness (QED) is 0.177. The zero-order valence-electron chi connectivity index (χ0n) is 30.5. The van der Waals surface area contributed by atoms with Gasteiger partial charge in [0, 0.05) is 60.4 Å². The minimum Gasteiger partial charge on any atom is -0.456 e. The summed E-state index contributed by atoms with van der Waals surface area (Å²) in [6, 6.07) is 65.5. The molecule has 0 aliphatic heterocycles. The van der Waals surface area contributed by atoms with Gasteiger partial charge in [0.25, 0.3) is 0 Å². The van der Waals surface area contributed by atoms with Crippen LogP contribution in [0.3, 0.4) is 0 Å². The minimum absolute atomic E-state index is 0.613. The van der Waals surface area contributed by atoms with Crippen LogP contribution in [-0.4, -0.2) is 24.1 Å². The summed E-state index contributed by atoms with van der Waals surface area (Å²) in [6.07, 6.45) is 0. The Labute approximate surface area is 326 Å². The molecule has 57 heavy (non-hydrogen) atoms. The highest BCUT2D eigenvalue weighted by molar-refractivity contribution is 6.29. The van der Waals surface area contributed by atoms with E-state index in [0.29, 0.717) is 17.5 Å². The van der Waals surface area contributed by atoms with Gasteiger partial charge in [-0.3, -0.25) is 0 Å². The summed E-state index contributed by atoms with van der Waals surface area (Å²) < 4.78 is 11.3. The average molecular weight is 730 g/mol. The van der Waals surface area contributed by atoms with Gasteiger partial charge in [-0.25, -0.2) is 15.0 Å². The number of aromatic nitrogens is 5. The molecule has 8 aromatic carbocycles. The summed E-state index contributed by atoms with van der Waals surface area (Å²) in [7, 11) is 0. The third-order valence-corrected chi connectivity index (χ3v) is 11.1. The highest BCUT2D eigenvalue weighted by Crippen LogP contribution is 2.44. The smallest absolute Gasteiger partial charge is 0.164 e. The molecular formula is C51H31N5O. The van der Waals surface area contributed by atoms with Crippen molar-refractivity contribution in [1.29, 1.82) is 0 Å². The van der Waals surface area contributed by atoms with Crippen LogP contribution in [0.15, 0.2) is 192 Å². The van der Waals surface area contributed by atoms with E-state index in [1.165, 1.54) is 16.3 Å². The third kappa shape index (κ3) is 4.87. The SMILES string of the molecule is c1ccc(-c2nc(-c3ccccc3)nc(-c3cccc(-n4c5cc6c7ccccc7n(-c7ccccc7)c6cc5c5c6c(ccc54)oc4ccccc46)c3)n2)cc1. The predicted octanol–water partition coefficient (Wildman–Crippen LogP) is 13.0. The zero-order valence-corrected chi connectivity index (χ0v) is 30.5. The monoisotopic (exact) mass is 729 g/mol. The molecule has 0 saturated carbocycles. The molecule has 0 fully saturated rings. The molecule has 0 saturated heterocycles. The Bertz CT molecular complexity index is 3450. The fraction of sp³-hybridized carbons (Fsp3) is 0. The summed E-state index contributed by atoms with van der Waals surface area (Å²) in [5.74, 6) is 1.88. The third-order valence-electron chi connectivity index (χ3n) is 11.1. The minimum atomic E-state index is 0.613. The average Bonchev–Trinajstić information content (AvgIpc) is 3.93. The Balaban J connectivity index is 1.17. The molecule has 0 bridgehead atoms. The topological polar surface area (TPSA) is 61.7 Å². The lowest BCUT2D eigenvalue weighted by Crippen LogP contribution is -2.01. The number of benzene rings is 8. The van der Waals surface area contributed by atoms with Gasteiger partial charge >= 0.3 is 0 Å². The number of hydrogen-bond acceptors (Lipinski definition) is 4. The summed E-state index contributed by atoms with van der Waals surface area (Å²) in [6.45, 7) is 0. The molecule has 12 rings (SSSR count). The molecule has 0 amide bonds. The lowest BCUT2D eigenvalue weighted by atomic mass is 10.0. The van der Waals surface area contributed by atoms with Crippen LogP contribution in [0.5, 0.6) is 0 Å². The van der Waals surface area contributed by atoms with E-state index in [-0.39, 0.29) is 0 Å². The van der Waals surface area contributed by atoms with E-state index in [0.717, 1.165) is 77.3 Å². The van der Waals surface area contributed by atoms with Gasteiger partial charge in [-0.2, -0.15) is 0 Å². The number of hydrogen-bond donors (Lipinski definition) is 0. The second-order valence-electron chi connectivity index (χ2n) is 14.4. The molecule has 0 spiro atoms. The van der Waals surface area contributed by atoms with Crippen LogP contribution in [0, 0.1) is 0 Å². The van der Waals surface area contributed by atoms with E-state index in [4.69, 9.17) is 19.4 Å². The van der Waals surface area contributed by atoms with Crippen molar-refractivity contribution in [2.24, 2.45) is 0 Å². The summed E-state index contributed by atoms with van der Waals surface area (Å²) in [4.78, 5) is 15.1. The Morgan fingerprint density at radius 2 is 0.860 bits per heavy atom. The highest BCUT2D eigenvalue weighted by atomic mass is 16.3. The number of furan rings is 1. The Kier molecular flexibility index (Phi) is 6.83. The van der Waals surface area contributed by atoms with E-state index in [1.807, 2.05) is 66.7 Å². The van der Waals surface area contributed by atoms with Gasteiger partial charge in [0.05, 0.1) is 22.1 Å². The first kappa shape index (κ1) is 31.5. The van der Waals surface area contributed by atoms with E-state index in [1.54, 1.807) is 0 Å². The van der Waals surface area contributed by atoms with Crippen molar-refractivity contribution < 1.29 is 4.42 Å². The molecule has 6 nitrogen and oxygen atoms in total. The fourth-order valence-electron chi connectivity index (χ4n) is 8.64. The molecule has 6 heteroatoms. The van der Waals surface area contributed by atoms with Gasteiger partial charge < -0.3 is 13.6 Å². The number of rotatable bonds is 5. The van der Waals surface area contributed by atoms with Crippen LogP contribution in [0.4, 0.5) is 0 Å². The maximum absolute atomic E-state index is 6.49. The van der Waals surface area contributed by atoms with E-state index in [9.17, 15) is 0 Å². The standard InChI is InChI=1S/C51H31N5O/c1-4-15-32(16-5-1)49-52-50(33-17-6-2-7-18-33)54-51(53-49)34-19-14-22-36(29-34)56-42-27-28-46-48(38-24-11-13-26-45(38)57-46)47(42)40-31-43-39(30-44(40)56)37-23-10-12-25-41(37)55(43)35-20-8-3-9-21-35/h1-31H. The first-order valence-corrected chi connectivity index (χ1v) is 19.1. The van der Waals surface area contributed by atoms with Gasteiger partial charge in [0.1, 0.15) is 11.2 Å². The second-order valence-corrected chi connectivity index (χ2v) is 14.4. The van der Waals surface area contributed by atoms with Crippen molar-refractivity contribution in [3.05, 3.63) is 188 Å². The lowest BCUT2D eigenvalue weighted by Gasteiger charge is -2.12. The van der Waals surface area contributed by atoms with Crippen molar-refractivity contribution in [2.75, 3.05) is 0 Å². The molecular weight excluding hydrogens is 699 g/mol. The molecule has 0 unspecified atom stereocenters. The summed E-state index contributed by atoms with van der Waals surface area (Å²) in [5, 5.41) is 6.91. The maximum Gasteiger partial charge on any atom is 0.164 e. The van der Waals surface area contributed by atoms with Crippen LogP contribution in [0.2, 0.25) is 0 Å². The van der Waals surface area contributed by atoms with Crippen LogP contribution < -0.4 is 0 Å². The van der Waals surface area contributed by atoms with Crippen LogP contribution in [0.25, 0.3) is 111 Å². The van der Waals surface area contributed by atoms with Gasteiger partial charge in [-0.05, 0) is 60.7 Å². The fourth-order valence-corrected chi connectivity index (χ4v) is 8.64. The lowest BCUT2D eigenvalue weighted by molar-refractivity contribution is 0.669. The van der Waals surface area contributed by atoms with E-state index in [2.05, 4.69) is 130 Å². The normalized spacial score (nSPS) is 11.9. The second kappa shape index (κ2) is 12.3. The summed E-state index contributed by atoms with van der Waals surface area (Å²) in [5.41, 5.74) is 11.2. The highest BCUT2D eigenvalue weighted by Gasteiger charge is 2.22. The molecule has 0 aliphatic carbocycles. The maximum atomic E-state index is 6.49. The Morgan fingerprint density at radius 3 is 1.60 bits per heavy atom. The molecule has 0 aliphatic rings. The van der Waals surface area contributed by atoms with E-state index < -0.39 is 0 Å². The number of para-hydroxylation sites is 3. The van der Waals surface area contributed by atoms with E-state index >= 15 is 0 Å². The Hall–Kier alpha value is -7.83.